The van der Waals surface area contributed by atoms with Gasteiger partial charge in [-0.2, -0.15) is 0 Å². The molecule has 1 unspecified atom stereocenters. The third-order valence-electron chi connectivity index (χ3n) is 6.69. The number of non-ortho nitro benzene ring substituents is 1. The molecule has 2 N–H and O–H groups in total. The first-order chi connectivity index (χ1) is 16.0. The third-order valence-corrected chi connectivity index (χ3v) is 7.22. The zero-order chi connectivity index (χ0) is 23.2. The van der Waals surface area contributed by atoms with Crippen LogP contribution in [0.1, 0.15) is 44.1 Å². The van der Waals surface area contributed by atoms with Crippen LogP contribution < -0.4 is 15.5 Å². The Hall–Kier alpha value is -2.45. The fraction of sp³-hybridized carbons (Fsp3) is 0.480. The molecule has 1 amide bonds. The number of piperidine rings is 1. The summed E-state index contributed by atoms with van der Waals surface area (Å²) in [4.78, 5) is 25.6. The molecule has 1 saturated heterocycles. The van der Waals surface area contributed by atoms with Crippen LogP contribution in [0.5, 0.6) is 0 Å². The molecular weight excluding hydrogens is 484 g/mol. The van der Waals surface area contributed by atoms with Gasteiger partial charge in [0, 0.05) is 53.5 Å². The lowest BCUT2D eigenvalue weighted by Crippen LogP contribution is -2.57. The Morgan fingerprint density at radius 3 is 2.39 bits per heavy atom. The van der Waals surface area contributed by atoms with E-state index in [2.05, 4.69) is 31.5 Å². The molecule has 33 heavy (non-hydrogen) atoms. The van der Waals surface area contributed by atoms with Gasteiger partial charge in [-0.15, -0.1) is 0 Å². The van der Waals surface area contributed by atoms with Crippen molar-refractivity contribution in [3.63, 3.8) is 0 Å². The molecule has 1 aliphatic carbocycles. The maximum atomic E-state index is 12.7. The Bertz CT molecular complexity index is 951. The number of hydrogen-bond acceptors (Lipinski definition) is 5. The highest BCUT2D eigenvalue weighted by Crippen LogP contribution is 2.25. The van der Waals surface area contributed by atoms with E-state index >= 15 is 0 Å². The van der Waals surface area contributed by atoms with E-state index in [1.807, 2.05) is 36.4 Å². The molecule has 0 spiro atoms. The van der Waals surface area contributed by atoms with Crippen molar-refractivity contribution >= 4 is 33.2 Å². The molecule has 0 radical (unpaired) electrons. The van der Waals surface area contributed by atoms with Gasteiger partial charge in [-0.05, 0) is 55.5 Å². The summed E-state index contributed by atoms with van der Waals surface area (Å²) in [5.74, 6) is 0.0761. The number of amides is 1. The minimum Gasteiger partial charge on any atom is -0.370 e. The second-order valence-corrected chi connectivity index (χ2v) is 10.0. The minimum absolute atomic E-state index is 0.0761. The average molecular weight is 515 g/mol. The summed E-state index contributed by atoms with van der Waals surface area (Å²) in [5, 5.41) is 18.1. The Balaban J connectivity index is 1.33. The monoisotopic (exact) mass is 514 g/mol. The molecule has 176 valence electrons. The van der Waals surface area contributed by atoms with Crippen LogP contribution in [0, 0.1) is 10.1 Å². The SMILES string of the molecule is O=C(Cc1ccc(Br)cc1)N[C@@H]1CCCC[C@H]1NC1CCCN(c2ccc([N+](=O)[O-])cc2)C1. The lowest BCUT2D eigenvalue weighted by molar-refractivity contribution is -0.384. The van der Waals surface area contributed by atoms with Gasteiger partial charge in [0.15, 0.2) is 0 Å². The van der Waals surface area contributed by atoms with Gasteiger partial charge in [-0.3, -0.25) is 14.9 Å². The van der Waals surface area contributed by atoms with E-state index in [0.29, 0.717) is 12.5 Å². The number of rotatable bonds is 7. The molecule has 0 bridgehead atoms. The highest BCUT2D eigenvalue weighted by molar-refractivity contribution is 9.10. The summed E-state index contributed by atoms with van der Waals surface area (Å²) in [6, 6.07) is 15.5. The lowest BCUT2D eigenvalue weighted by Gasteiger charge is -2.40. The first kappa shape index (κ1) is 23.7. The number of carbonyl (C=O) groups excluding carboxylic acids is 1. The van der Waals surface area contributed by atoms with Gasteiger partial charge in [-0.1, -0.05) is 40.9 Å². The van der Waals surface area contributed by atoms with Gasteiger partial charge in [0.05, 0.1) is 11.3 Å². The Kier molecular flexibility index (Phi) is 7.98. The summed E-state index contributed by atoms with van der Waals surface area (Å²) in [7, 11) is 0. The highest BCUT2D eigenvalue weighted by atomic mass is 79.9. The van der Waals surface area contributed by atoms with E-state index < -0.39 is 0 Å². The normalized spacial score (nSPS) is 23.2. The van der Waals surface area contributed by atoms with Crippen molar-refractivity contribution in [2.75, 3.05) is 18.0 Å². The van der Waals surface area contributed by atoms with E-state index in [4.69, 9.17) is 0 Å². The highest BCUT2D eigenvalue weighted by Gasteiger charge is 2.30. The lowest BCUT2D eigenvalue weighted by atomic mass is 9.88. The minimum atomic E-state index is -0.363. The van der Waals surface area contributed by atoms with Gasteiger partial charge >= 0.3 is 0 Å². The quantitative estimate of drug-likeness (QED) is 0.416. The maximum absolute atomic E-state index is 12.7. The van der Waals surface area contributed by atoms with Crippen molar-refractivity contribution in [2.45, 2.75) is 63.1 Å². The van der Waals surface area contributed by atoms with Crippen LogP contribution in [-0.4, -0.2) is 42.0 Å². The molecule has 8 heteroatoms. The van der Waals surface area contributed by atoms with E-state index in [-0.39, 0.29) is 28.6 Å². The molecule has 2 aliphatic rings. The molecule has 2 aromatic rings. The van der Waals surface area contributed by atoms with Crippen LogP contribution >= 0.6 is 15.9 Å². The smallest absolute Gasteiger partial charge is 0.269 e. The zero-order valence-corrected chi connectivity index (χ0v) is 20.3. The molecule has 4 rings (SSSR count). The van der Waals surface area contributed by atoms with Gasteiger partial charge in [0.25, 0.3) is 5.69 Å². The van der Waals surface area contributed by atoms with Crippen molar-refractivity contribution in [1.29, 1.82) is 0 Å². The molecule has 1 aliphatic heterocycles. The summed E-state index contributed by atoms with van der Waals surface area (Å²) in [6.45, 7) is 1.82. The van der Waals surface area contributed by atoms with E-state index in [1.54, 1.807) is 12.1 Å². The summed E-state index contributed by atoms with van der Waals surface area (Å²) < 4.78 is 1.01. The van der Waals surface area contributed by atoms with Crippen molar-refractivity contribution in [1.82, 2.24) is 10.6 Å². The van der Waals surface area contributed by atoms with Crippen LogP contribution in [0.4, 0.5) is 11.4 Å². The first-order valence-corrected chi connectivity index (χ1v) is 12.6. The van der Waals surface area contributed by atoms with Crippen LogP contribution in [0.3, 0.4) is 0 Å². The van der Waals surface area contributed by atoms with Crippen LogP contribution in [0.25, 0.3) is 0 Å². The predicted molar refractivity (Wildman–Crippen MR) is 133 cm³/mol. The molecular formula is C25H31BrN4O3. The largest absolute Gasteiger partial charge is 0.370 e. The summed E-state index contributed by atoms with van der Waals surface area (Å²) in [5.41, 5.74) is 2.16. The number of hydrogen-bond donors (Lipinski definition) is 2. The maximum Gasteiger partial charge on any atom is 0.269 e. The number of nitro groups is 1. The third kappa shape index (κ3) is 6.54. The summed E-state index contributed by atoms with van der Waals surface area (Å²) in [6.07, 6.45) is 6.95. The standard InChI is InChI=1S/C25H31BrN4O3/c26-19-9-7-18(8-10-19)16-25(31)28-24-6-2-1-5-23(24)27-20-4-3-15-29(17-20)21-11-13-22(14-12-21)30(32)33/h7-14,20,23-24,27H,1-6,15-17H2,(H,28,31)/t20?,23-,24-/m1/s1. The number of anilines is 1. The van der Waals surface area contributed by atoms with Gasteiger partial charge in [0.1, 0.15) is 0 Å². The Labute approximate surface area is 203 Å². The van der Waals surface area contributed by atoms with Crippen molar-refractivity contribution in [3.05, 3.63) is 68.7 Å². The molecule has 2 fully saturated rings. The number of carbonyl (C=O) groups is 1. The van der Waals surface area contributed by atoms with E-state index in [9.17, 15) is 14.9 Å². The van der Waals surface area contributed by atoms with E-state index in [0.717, 1.165) is 60.9 Å². The number of halogens is 1. The number of nitro benzene ring substituents is 1. The topological polar surface area (TPSA) is 87.5 Å². The van der Waals surface area contributed by atoms with Crippen LogP contribution in [0.2, 0.25) is 0 Å². The zero-order valence-electron chi connectivity index (χ0n) is 18.7. The molecule has 0 aromatic heterocycles. The second-order valence-electron chi connectivity index (χ2n) is 9.09. The van der Waals surface area contributed by atoms with Gasteiger partial charge < -0.3 is 15.5 Å². The molecule has 3 atom stereocenters. The molecule has 2 aromatic carbocycles. The molecule has 1 saturated carbocycles. The Morgan fingerprint density at radius 2 is 1.70 bits per heavy atom. The number of nitrogens with zero attached hydrogens (tertiary/aromatic N) is 2. The Morgan fingerprint density at radius 1 is 1.00 bits per heavy atom. The van der Waals surface area contributed by atoms with Crippen LogP contribution in [-0.2, 0) is 11.2 Å². The van der Waals surface area contributed by atoms with Gasteiger partial charge in [0.2, 0.25) is 5.91 Å². The second kappa shape index (κ2) is 11.1. The fourth-order valence-corrected chi connectivity index (χ4v) is 5.25. The number of nitrogens with one attached hydrogen (secondary N) is 2. The fourth-order valence-electron chi connectivity index (χ4n) is 4.98. The average Bonchev–Trinajstić information content (AvgIpc) is 2.82. The number of benzene rings is 2. The first-order valence-electron chi connectivity index (χ1n) is 11.8. The summed E-state index contributed by atoms with van der Waals surface area (Å²) >= 11 is 3.43. The molecule has 1 heterocycles. The molecule has 7 nitrogen and oxygen atoms in total. The van der Waals surface area contributed by atoms with E-state index in [1.165, 1.54) is 6.42 Å². The van der Waals surface area contributed by atoms with Gasteiger partial charge in [-0.25, -0.2) is 0 Å². The van der Waals surface area contributed by atoms with Crippen molar-refractivity contribution in [2.24, 2.45) is 0 Å². The predicted octanol–water partition coefficient (Wildman–Crippen LogP) is 4.59. The van der Waals surface area contributed by atoms with Crippen molar-refractivity contribution < 1.29 is 9.72 Å². The van der Waals surface area contributed by atoms with Crippen LogP contribution in [0.15, 0.2) is 53.0 Å². The van der Waals surface area contributed by atoms with Crippen molar-refractivity contribution in [3.8, 4) is 0 Å².